The van der Waals surface area contributed by atoms with Gasteiger partial charge in [-0.15, -0.1) is 0 Å². The summed E-state index contributed by atoms with van der Waals surface area (Å²) >= 11 is 2.50. The Morgan fingerprint density at radius 2 is 1.08 bits per heavy atom. The van der Waals surface area contributed by atoms with Crippen molar-refractivity contribution in [3.63, 3.8) is 0 Å². The molecule has 9 heteroatoms. The molecule has 0 saturated carbocycles. The lowest BCUT2D eigenvalue weighted by atomic mass is 10.0. The minimum atomic E-state index is -0.770. The average Bonchev–Trinajstić information content (AvgIpc) is 3.27. The monoisotopic (exact) mass is 860 g/mol. The zero-order chi connectivity index (χ0) is 42.8. The summed E-state index contributed by atoms with van der Waals surface area (Å²) < 4.78 is 25.5. The van der Waals surface area contributed by atoms with E-state index in [1.165, 1.54) is 78.6 Å². The Morgan fingerprint density at radius 1 is 0.607 bits per heavy atom. The first kappa shape index (κ1) is 45.7. The molecule has 0 aliphatic heterocycles. The summed E-state index contributed by atoms with van der Waals surface area (Å²) in [5.74, 6) is 1.44. The van der Waals surface area contributed by atoms with Gasteiger partial charge in [0.25, 0.3) is 0 Å². The molecule has 2 heterocycles. The maximum atomic E-state index is 13.2. The fourth-order valence-electron chi connectivity index (χ4n) is 7.41. The second-order valence-electron chi connectivity index (χ2n) is 15.7. The van der Waals surface area contributed by atoms with Crippen molar-refractivity contribution in [3.05, 3.63) is 140 Å². The van der Waals surface area contributed by atoms with Crippen LogP contribution in [0.5, 0.6) is 11.5 Å². The van der Waals surface area contributed by atoms with Crippen molar-refractivity contribution in [2.24, 2.45) is 0 Å². The van der Waals surface area contributed by atoms with Crippen LogP contribution in [0.25, 0.3) is 42.4 Å². The molecular formula is C52H60O7S2. The summed E-state index contributed by atoms with van der Waals surface area (Å²) in [5, 5.41) is 12.4. The number of aliphatic hydroxyl groups is 1. The lowest BCUT2D eigenvalue weighted by molar-refractivity contribution is -0.0382. The lowest BCUT2D eigenvalue weighted by Gasteiger charge is -2.20. The van der Waals surface area contributed by atoms with Crippen LogP contribution in [0.1, 0.15) is 89.2 Å². The second-order valence-corrected chi connectivity index (χ2v) is 17.7. The fourth-order valence-corrected chi connectivity index (χ4v) is 9.23. The van der Waals surface area contributed by atoms with Gasteiger partial charge >= 0.3 is 0 Å². The quantitative estimate of drug-likeness (QED) is 0.0429. The van der Waals surface area contributed by atoms with E-state index >= 15 is 0 Å². The topological polar surface area (TPSA) is 91.3 Å². The molecule has 1 atom stereocenters. The van der Waals surface area contributed by atoms with Gasteiger partial charge in [-0.1, -0.05) is 117 Å². The van der Waals surface area contributed by atoms with Gasteiger partial charge in [0, 0.05) is 20.5 Å². The molecule has 0 bridgehead atoms. The molecular weight excluding hydrogens is 801 g/mol. The smallest absolute Gasteiger partial charge is 0.240 e. The number of ether oxygens (including phenoxy) is 4. The Hall–Kier alpha value is -4.80. The molecule has 61 heavy (non-hydrogen) atoms. The summed E-state index contributed by atoms with van der Waals surface area (Å²) in [5.41, 5.74) is 5.96. The van der Waals surface area contributed by atoms with E-state index in [4.69, 9.17) is 18.9 Å². The average molecular weight is 861 g/mol. The van der Waals surface area contributed by atoms with Gasteiger partial charge in [0.1, 0.15) is 24.2 Å². The van der Waals surface area contributed by atoms with Crippen LogP contribution in [-0.4, -0.2) is 43.7 Å². The molecule has 6 aromatic rings. The fraction of sp³-hybridized carbons (Fsp3) is 0.385. The first-order valence-electron chi connectivity index (χ1n) is 22.0. The number of hydrogen-bond donors (Lipinski definition) is 1. The lowest BCUT2D eigenvalue weighted by Crippen LogP contribution is -2.25. The molecule has 0 aliphatic rings. The normalized spacial score (nSPS) is 11.9. The number of aryl methyl sites for hydroxylation is 2. The molecule has 2 aromatic heterocycles. The molecule has 0 amide bonds. The first-order chi connectivity index (χ1) is 29.8. The van der Waals surface area contributed by atoms with E-state index in [2.05, 4.69) is 69.0 Å². The predicted molar refractivity (Wildman–Crippen MR) is 255 cm³/mol. The summed E-state index contributed by atoms with van der Waals surface area (Å²) in [4.78, 5) is 26.4. The highest BCUT2D eigenvalue weighted by atomic mass is 32.1. The standard InChI is InChI=1S/C52H60O7S2/c1-4-7-9-13-37-17-21-39(22-18-37)47-31-41-25-27-45(33-49(41)60-51(47)54)57-29-11-15-44(59-36-43(53)35-56-6-3)16-12-30-58-46-28-26-42-32-48(52(55)61-50(42)34-46)40-23-19-38(20-24-40)14-10-8-5-2/h6,17-28,31-34,43-44,53H,3-5,7-16,29-30,35-36H2,1-2H3. The van der Waals surface area contributed by atoms with Gasteiger partial charge < -0.3 is 24.1 Å². The molecule has 1 unspecified atom stereocenters. The molecule has 0 fully saturated rings. The van der Waals surface area contributed by atoms with E-state index in [1.54, 1.807) is 0 Å². The van der Waals surface area contributed by atoms with Gasteiger partial charge in [0.15, 0.2) is 0 Å². The van der Waals surface area contributed by atoms with Gasteiger partial charge in [0.05, 0.1) is 32.2 Å². The molecule has 0 saturated heterocycles. The molecule has 4 aromatic carbocycles. The van der Waals surface area contributed by atoms with Gasteiger partial charge in [0.2, 0.25) is 9.48 Å². The number of rotatable bonds is 26. The van der Waals surface area contributed by atoms with E-state index < -0.39 is 6.10 Å². The SMILES string of the molecule is C=COCC(O)COC(CCCOc1ccc2cc(-c3ccc(CCCCC)cc3)c(=O)sc2c1)CCCOc1ccc2cc(-c3ccc(CCCCC)cc3)c(=O)sc2c1. The van der Waals surface area contributed by atoms with E-state index in [1.807, 2.05) is 48.5 Å². The number of hydrogen-bond acceptors (Lipinski definition) is 9. The highest BCUT2D eigenvalue weighted by molar-refractivity contribution is 7.16. The molecule has 1 N–H and O–H groups in total. The zero-order valence-electron chi connectivity index (χ0n) is 35.7. The van der Waals surface area contributed by atoms with Gasteiger partial charge in [-0.05, 0) is 133 Å². The first-order valence-corrected chi connectivity index (χ1v) is 23.6. The Morgan fingerprint density at radius 3 is 1.52 bits per heavy atom. The Bertz CT molecular complexity index is 2240. The minimum Gasteiger partial charge on any atom is -0.499 e. The Labute approximate surface area is 368 Å². The third kappa shape index (κ3) is 13.9. The molecule has 6 rings (SSSR count). The van der Waals surface area contributed by atoms with E-state index in [0.717, 1.165) is 92.5 Å². The molecule has 0 radical (unpaired) electrons. The maximum Gasteiger partial charge on any atom is 0.240 e. The molecule has 7 nitrogen and oxygen atoms in total. The van der Waals surface area contributed by atoms with Crippen molar-refractivity contribution in [1.82, 2.24) is 0 Å². The summed E-state index contributed by atoms with van der Waals surface area (Å²) in [6.45, 7) is 9.19. The zero-order valence-corrected chi connectivity index (χ0v) is 37.3. The van der Waals surface area contributed by atoms with Gasteiger partial charge in [-0.2, -0.15) is 0 Å². The number of unbranched alkanes of at least 4 members (excludes halogenated alkanes) is 4. The molecule has 0 aliphatic carbocycles. The van der Waals surface area contributed by atoms with E-state index in [-0.39, 0.29) is 28.8 Å². The second kappa shape index (κ2) is 24.0. The third-order valence-corrected chi connectivity index (χ3v) is 12.8. The van der Waals surface area contributed by atoms with Gasteiger partial charge in [-0.3, -0.25) is 9.59 Å². The van der Waals surface area contributed by atoms with Crippen LogP contribution in [-0.2, 0) is 22.3 Å². The Balaban J connectivity index is 0.998. The summed E-state index contributed by atoms with van der Waals surface area (Å²) in [7, 11) is 0. The summed E-state index contributed by atoms with van der Waals surface area (Å²) in [6.07, 6.45) is 12.7. The highest BCUT2D eigenvalue weighted by Gasteiger charge is 2.15. The Kier molecular flexibility index (Phi) is 18.0. The minimum absolute atomic E-state index is 0.0365. The highest BCUT2D eigenvalue weighted by Crippen LogP contribution is 2.30. The van der Waals surface area contributed by atoms with E-state index in [0.29, 0.717) is 13.2 Å². The van der Waals surface area contributed by atoms with Crippen molar-refractivity contribution < 1.29 is 24.1 Å². The van der Waals surface area contributed by atoms with Crippen molar-refractivity contribution in [2.45, 2.75) is 103 Å². The molecule has 322 valence electrons. The number of fused-ring (bicyclic) bond motifs is 2. The van der Waals surface area contributed by atoms with Crippen molar-refractivity contribution >= 4 is 42.8 Å². The van der Waals surface area contributed by atoms with Crippen LogP contribution in [0.15, 0.2) is 119 Å². The summed E-state index contributed by atoms with van der Waals surface area (Å²) in [6, 6.07) is 32.6. The van der Waals surface area contributed by atoms with Crippen LogP contribution in [0, 0.1) is 0 Å². The van der Waals surface area contributed by atoms with Gasteiger partial charge in [-0.25, -0.2) is 0 Å². The van der Waals surface area contributed by atoms with Crippen molar-refractivity contribution in [2.75, 3.05) is 26.4 Å². The van der Waals surface area contributed by atoms with Crippen LogP contribution in [0.4, 0.5) is 0 Å². The number of aliphatic hydroxyl groups excluding tert-OH is 1. The predicted octanol–water partition coefficient (Wildman–Crippen LogP) is 12.6. The number of benzene rings is 4. The van der Waals surface area contributed by atoms with Crippen LogP contribution in [0.2, 0.25) is 0 Å². The van der Waals surface area contributed by atoms with Crippen LogP contribution in [0.3, 0.4) is 0 Å². The largest absolute Gasteiger partial charge is 0.499 e. The van der Waals surface area contributed by atoms with Crippen LogP contribution >= 0.6 is 22.7 Å². The van der Waals surface area contributed by atoms with Crippen molar-refractivity contribution in [3.8, 4) is 33.8 Å². The van der Waals surface area contributed by atoms with Crippen molar-refractivity contribution in [1.29, 1.82) is 0 Å². The maximum absolute atomic E-state index is 13.2. The van der Waals surface area contributed by atoms with Crippen LogP contribution < -0.4 is 19.0 Å². The van der Waals surface area contributed by atoms with E-state index in [9.17, 15) is 14.7 Å². The molecule has 0 spiro atoms. The third-order valence-electron chi connectivity index (χ3n) is 10.9.